The molecular formula is C8H14Cl2N2O2. The molecule has 0 saturated carbocycles. The Labute approximate surface area is 95.2 Å². The van der Waals surface area contributed by atoms with Gasteiger partial charge in [0.2, 0.25) is 0 Å². The van der Waals surface area contributed by atoms with E-state index in [9.17, 15) is 4.79 Å². The van der Waals surface area contributed by atoms with Gasteiger partial charge in [-0.1, -0.05) is 0 Å². The number of ether oxygens (including phenoxy) is 1. The molecule has 0 spiro atoms. The van der Waals surface area contributed by atoms with E-state index in [-0.39, 0.29) is 30.8 Å². The lowest BCUT2D eigenvalue weighted by Crippen LogP contribution is -2.06. The standard InChI is InChI=1S/C8H12N2O2.2ClH/c1-4-12-8(11)7-5(2)9-10-6(7)3;;/h4H2,1-3H3,(H,9,10);2*1H. The predicted octanol–water partition coefficient (Wildman–Crippen LogP) is 2.05. The zero-order valence-electron chi connectivity index (χ0n) is 8.29. The molecule has 1 aromatic rings. The van der Waals surface area contributed by atoms with Gasteiger partial charge in [-0.05, 0) is 20.8 Å². The van der Waals surface area contributed by atoms with Gasteiger partial charge < -0.3 is 4.74 Å². The highest BCUT2D eigenvalue weighted by Crippen LogP contribution is 2.10. The molecule has 4 nitrogen and oxygen atoms in total. The van der Waals surface area contributed by atoms with Crippen molar-refractivity contribution in [3.8, 4) is 0 Å². The Bertz CT molecular complexity index is 280. The number of hydrogen-bond donors (Lipinski definition) is 1. The molecule has 1 rings (SSSR count). The number of esters is 1. The molecule has 1 aromatic heterocycles. The van der Waals surface area contributed by atoms with E-state index < -0.39 is 0 Å². The van der Waals surface area contributed by atoms with Gasteiger partial charge >= 0.3 is 5.97 Å². The van der Waals surface area contributed by atoms with Crippen molar-refractivity contribution in [1.82, 2.24) is 10.2 Å². The van der Waals surface area contributed by atoms with Crippen molar-refractivity contribution in [3.63, 3.8) is 0 Å². The maximum Gasteiger partial charge on any atom is 0.341 e. The molecule has 0 aliphatic carbocycles. The van der Waals surface area contributed by atoms with Crippen molar-refractivity contribution < 1.29 is 9.53 Å². The van der Waals surface area contributed by atoms with Gasteiger partial charge in [0.05, 0.1) is 12.3 Å². The van der Waals surface area contributed by atoms with Crippen LogP contribution in [0.15, 0.2) is 0 Å². The fraction of sp³-hybridized carbons (Fsp3) is 0.500. The molecule has 0 amide bonds. The number of aromatic nitrogens is 2. The highest BCUT2D eigenvalue weighted by Gasteiger charge is 2.15. The minimum Gasteiger partial charge on any atom is -0.462 e. The van der Waals surface area contributed by atoms with Gasteiger partial charge in [0, 0.05) is 5.69 Å². The molecule has 0 bridgehead atoms. The summed E-state index contributed by atoms with van der Waals surface area (Å²) in [6.07, 6.45) is 0. The highest BCUT2D eigenvalue weighted by molar-refractivity contribution is 5.91. The van der Waals surface area contributed by atoms with Gasteiger partial charge in [0.1, 0.15) is 5.56 Å². The summed E-state index contributed by atoms with van der Waals surface area (Å²) in [5.74, 6) is -0.304. The van der Waals surface area contributed by atoms with Crippen molar-refractivity contribution in [2.75, 3.05) is 6.61 Å². The van der Waals surface area contributed by atoms with Crippen LogP contribution < -0.4 is 0 Å². The first-order valence-corrected chi connectivity index (χ1v) is 3.85. The molecule has 0 aromatic carbocycles. The summed E-state index contributed by atoms with van der Waals surface area (Å²) in [5.41, 5.74) is 1.99. The molecule has 0 fully saturated rings. The van der Waals surface area contributed by atoms with Gasteiger partial charge in [0.15, 0.2) is 0 Å². The quantitative estimate of drug-likeness (QED) is 0.806. The Morgan fingerprint density at radius 2 is 2.00 bits per heavy atom. The van der Waals surface area contributed by atoms with Crippen molar-refractivity contribution in [2.45, 2.75) is 20.8 Å². The Hall–Kier alpha value is -0.740. The number of H-pyrrole nitrogens is 1. The van der Waals surface area contributed by atoms with Gasteiger partial charge in [-0.15, -0.1) is 24.8 Å². The van der Waals surface area contributed by atoms with Gasteiger partial charge in [-0.2, -0.15) is 5.10 Å². The van der Waals surface area contributed by atoms with E-state index in [1.165, 1.54) is 0 Å². The van der Waals surface area contributed by atoms with E-state index in [4.69, 9.17) is 4.74 Å². The number of nitrogens with one attached hydrogen (secondary N) is 1. The zero-order chi connectivity index (χ0) is 9.14. The molecule has 82 valence electrons. The zero-order valence-corrected chi connectivity index (χ0v) is 9.92. The van der Waals surface area contributed by atoms with Gasteiger partial charge in [-0.25, -0.2) is 4.79 Å². The molecule has 0 aliphatic rings. The van der Waals surface area contributed by atoms with Crippen LogP contribution >= 0.6 is 24.8 Å². The number of hydrogen-bond acceptors (Lipinski definition) is 3. The van der Waals surface area contributed by atoms with Crippen LogP contribution in [0.25, 0.3) is 0 Å². The summed E-state index contributed by atoms with van der Waals surface area (Å²) < 4.78 is 4.85. The molecule has 0 aliphatic heterocycles. The van der Waals surface area contributed by atoms with Crippen LogP contribution in [0.1, 0.15) is 28.7 Å². The molecule has 0 radical (unpaired) electrons. The summed E-state index contributed by atoms with van der Waals surface area (Å²) in [6.45, 7) is 5.74. The van der Waals surface area contributed by atoms with E-state index >= 15 is 0 Å². The maximum absolute atomic E-state index is 11.3. The SMILES string of the molecule is CCOC(=O)c1c(C)n[nH]c1C.Cl.Cl. The number of carbonyl (C=O) groups is 1. The Morgan fingerprint density at radius 1 is 1.43 bits per heavy atom. The summed E-state index contributed by atoms with van der Waals surface area (Å²) in [4.78, 5) is 11.3. The van der Waals surface area contributed by atoms with E-state index in [0.717, 1.165) is 5.69 Å². The number of aromatic amines is 1. The van der Waals surface area contributed by atoms with Crippen molar-refractivity contribution in [2.24, 2.45) is 0 Å². The lowest BCUT2D eigenvalue weighted by atomic mass is 10.2. The second kappa shape index (κ2) is 6.68. The van der Waals surface area contributed by atoms with Crippen molar-refractivity contribution in [3.05, 3.63) is 17.0 Å². The van der Waals surface area contributed by atoms with E-state index in [1.807, 2.05) is 0 Å². The molecule has 0 saturated heterocycles. The summed E-state index contributed by atoms with van der Waals surface area (Å²) in [5, 5.41) is 6.62. The molecule has 1 heterocycles. The third-order valence-corrected chi connectivity index (χ3v) is 1.61. The summed E-state index contributed by atoms with van der Waals surface area (Å²) in [6, 6.07) is 0. The highest BCUT2D eigenvalue weighted by atomic mass is 35.5. The van der Waals surface area contributed by atoms with Crippen LogP contribution in [0.3, 0.4) is 0 Å². The fourth-order valence-electron chi connectivity index (χ4n) is 1.05. The minimum atomic E-state index is -0.304. The first-order valence-electron chi connectivity index (χ1n) is 3.85. The van der Waals surface area contributed by atoms with Crippen molar-refractivity contribution in [1.29, 1.82) is 0 Å². The largest absolute Gasteiger partial charge is 0.462 e. The van der Waals surface area contributed by atoms with Crippen LogP contribution in [0.4, 0.5) is 0 Å². The van der Waals surface area contributed by atoms with Crippen LogP contribution in [0.2, 0.25) is 0 Å². The number of nitrogens with zero attached hydrogens (tertiary/aromatic N) is 1. The first-order chi connectivity index (χ1) is 5.66. The molecule has 14 heavy (non-hydrogen) atoms. The Kier molecular flexibility index (Phi) is 7.50. The number of carbonyl (C=O) groups excluding carboxylic acids is 1. The molecule has 0 unspecified atom stereocenters. The van der Waals surface area contributed by atoms with Crippen LogP contribution in [0, 0.1) is 13.8 Å². The molecule has 0 atom stereocenters. The van der Waals surface area contributed by atoms with Gasteiger partial charge in [0.25, 0.3) is 0 Å². The number of halogens is 2. The first kappa shape index (κ1) is 15.7. The molecule has 6 heteroatoms. The smallest absolute Gasteiger partial charge is 0.341 e. The minimum absolute atomic E-state index is 0. The summed E-state index contributed by atoms with van der Waals surface area (Å²) >= 11 is 0. The maximum atomic E-state index is 11.3. The van der Waals surface area contributed by atoms with Crippen LogP contribution in [-0.4, -0.2) is 22.8 Å². The van der Waals surface area contributed by atoms with Crippen LogP contribution in [-0.2, 0) is 4.74 Å². The second-order valence-electron chi connectivity index (χ2n) is 2.53. The second-order valence-corrected chi connectivity index (χ2v) is 2.53. The Balaban J connectivity index is 0. The Morgan fingerprint density at radius 3 is 2.36 bits per heavy atom. The third kappa shape index (κ3) is 3.20. The monoisotopic (exact) mass is 240 g/mol. The summed E-state index contributed by atoms with van der Waals surface area (Å²) in [7, 11) is 0. The molecular weight excluding hydrogens is 227 g/mol. The average molecular weight is 241 g/mol. The average Bonchev–Trinajstić information content (AvgIpc) is 2.32. The van der Waals surface area contributed by atoms with E-state index in [1.54, 1.807) is 20.8 Å². The van der Waals surface area contributed by atoms with Crippen LogP contribution in [0.5, 0.6) is 0 Å². The van der Waals surface area contributed by atoms with E-state index in [0.29, 0.717) is 17.9 Å². The van der Waals surface area contributed by atoms with Crippen molar-refractivity contribution >= 4 is 30.8 Å². The third-order valence-electron chi connectivity index (χ3n) is 1.61. The lowest BCUT2D eigenvalue weighted by molar-refractivity contribution is 0.0525. The lowest BCUT2D eigenvalue weighted by Gasteiger charge is -1.99. The van der Waals surface area contributed by atoms with Gasteiger partial charge in [-0.3, -0.25) is 5.10 Å². The topological polar surface area (TPSA) is 55.0 Å². The normalized spacial score (nSPS) is 8.50. The number of rotatable bonds is 2. The predicted molar refractivity (Wildman–Crippen MR) is 58.5 cm³/mol. The fourth-order valence-corrected chi connectivity index (χ4v) is 1.05. The molecule has 1 N–H and O–H groups in total. The number of aryl methyl sites for hydroxylation is 2. The van der Waals surface area contributed by atoms with E-state index in [2.05, 4.69) is 10.2 Å².